The highest BCUT2D eigenvalue weighted by molar-refractivity contribution is 6.34. The van der Waals surface area contributed by atoms with Gasteiger partial charge >= 0.3 is 11.1 Å². The second kappa shape index (κ2) is 6.47. The van der Waals surface area contributed by atoms with Gasteiger partial charge in [-0.1, -0.05) is 17.7 Å². The minimum atomic E-state index is -1.02. The van der Waals surface area contributed by atoms with E-state index in [-0.39, 0.29) is 34.1 Å². The Hall–Kier alpha value is -2.71. The van der Waals surface area contributed by atoms with Gasteiger partial charge in [-0.2, -0.15) is 0 Å². The lowest BCUT2D eigenvalue weighted by Gasteiger charge is -2.28. The maximum atomic E-state index is 15.2. The first kappa shape index (κ1) is 17.7. The predicted octanol–water partition coefficient (Wildman–Crippen LogP) is 2.21. The summed E-state index contributed by atoms with van der Waals surface area (Å²) in [6, 6.07) is 4.83. The number of aromatic amines is 1. The number of halogens is 3. The second-order valence-corrected chi connectivity index (χ2v) is 6.88. The average Bonchev–Trinajstić information content (AvgIpc) is 2.57. The zero-order valence-electron chi connectivity index (χ0n) is 13.9. The Morgan fingerprint density at radius 3 is 2.59 bits per heavy atom. The van der Waals surface area contributed by atoms with E-state index in [1.165, 1.54) is 22.8 Å². The van der Waals surface area contributed by atoms with Crippen molar-refractivity contribution in [3.05, 3.63) is 61.6 Å². The molecule has 3 aromatic rings. The van der Waals surface area contributed by atoms with Crippen molar-refractivity contribution >= 4 is 22.6 Å². The summed E-state index contributed by atoms with van der Waals surface area (Å²) < 4.78 is 30.6. The minimum Gasteiger partial charge on any atom is -0.507 e. The molecule has 0 atom stereocenters. The largest absolute Gasteiger partial charge is 0.507 e. The first-order valence-corrected chi connectivity index (χ1v) is 8.59. The van der Waals surface area contributed by atoms with Crippen LogP contribution in [0, 0.1) is 17.6 Å². The molecule has 6 nitrogen and oxygen atoms in total. The summed E-state index contributed by atoms with van der Waals surface area (Å²) in [5.74, 6) is -2.25. The third-order valence-corrected chi connectivity index (χ3v) is 5.01. The fourth-order valence-electron chi connectivity index (χ4n) is 3.24. The molecule has 0 saturated carbocycles. The van der Waals surface area contributed by atoms with Crippen molar-refractivity contribution in [1.82, 2.24) is 14.9 Å². The van der Waals surface area contributed by atoms with Crippen LogP contribution in [-0.2, 0) is 6.54 Å². The Labute approximate surface area is 156 Å². The summed E-state index contributed by atoms with van der Waals surface area (Å²) in [6.45, 7) is 1.59. The number of hydrogen-bond donors (Lipinski definition) is 3. The highest BCUT2D eigenvalue weighted by Crippen LogP contribution is 2.40. The molecular formula is C18H14ClF2N3O3. The van der Waals surface area contributed by atoms with E-state index < -0.39 is 34.1 Å². The molecule has 0 spiro atoms. The average molecular weight is 394 g/mol. The number of rotatable bonds is 3. The highest BCUT2D eigenvalue weighted by atomic mass is 35.5. The number of phenols is 1. The van der Waals surface area contributed by atoms with Gasteiger partial charge in [-0.05, 0) is 18.2 Å². The normalized spacial score (nSPS) is 14.5. The summed E-state index contributed by atoms with van der Waals surface area (Å²) >= 11 is 6.20. The van der Waals surface area contributed by atoms with Crippen LogP contribution in [0.15, 0.2) is 33.9 Å². The van der Waals surface area contributed by atoms with Crippen molar-refractivity contribution in [2.45, 2.75) is 6.54 Å². The van der Waals surface area contributed by atoms with Gasteiger partial charge in [0, 0.05) is 31.1 Å². The van der Waals surface area contributed by atoms with Crippen molar-refractivity contribution in [2.75, 3.05) is 13.1 Å². The molecule has 27 heavy (non-hydrogen) atoms. The molecule has 1 fully saturated rings. The van der Waals surface area contributed by atoms with Gasteiger partial charge in [-0.3, -0.25) is 9.59 Å². The fourth-order valence-corrected chi connectivity index (χ4v) is 3.52. The first-order valence-electron chi connectivity index (χ1n) is 8.22. The molecule has 1 aliphatic rings. The van der Waals surface area contributed by atoms with Gasteiger partial charge in [-0.15, -0.1) is 0 Å². The number of aromatic hydroxyl groups is 1. The summed E-state index contributed by atoms with van der Waals surface area (Å²) in [4.78, 5) is 26.5. The maximum Gasteiger partial charge on any atom is 0.316 e. The van der Waals surface area contributed by atoms with Crippen LogP contribution in [0.2, 0.25) is 5.02 Å². The van der Waals surface area contributed by atoms with Crippen molar-refractivity contribution in [2.24, 2.45) is 5.92 Å². The number of H-pyrrole nitrogens is 1. The Morgan fingerprint density at radius 1 is 1.22 bits per heavy atom. The number of phenolic OH excluding ortho intramolecular Hbond substituents is 1. The molecule has 1 aromatic heterocycles. The molecule has 1 saturated heterocycles. The van der Waals surface area contributed by atoms with Gasteiger partial charge in [-0.25, -0.2) is 8.78 Å². The van der Waals surface area contributed by atoms with Crippen molar-refractivity contribution in [3.8, 4) is 16.9 Å². The van der Waals surface area contributed by atoms with Crippen LogP contribution >= 0.6 is 11.6 Å². The first-order chi connectivity index (χ1) is 12.9. The monoisotopic (exact) mass is 393 g/mol. The van der Waals surface area contributed by atoms with E-state index in [2.05, 4.69) is 10.3 Å². The summed E-state index contributed by atoms with van der Waals surface area (Å²) in [5, 5.41) is 12.8. The SMILES string of the molecule is O=c1[nH]c2c(F)c(-c3c(O)cccc3F)c(Cl)cc2n(CC2CNC2)c1=O. The number of nitrogens with one attached hydrogen (secondary N) is 2. The van der Waals surface area contributed by atoms with Gasteiger partial charge in [0.25, 0.3) is 0 Å². The van der Waals surface area contributed by atoms with E-state index in [1.54, 1.807) is 0 Å². The summed E-state index contributed by atoms with van der Waals surface area (Å²) in [7, 11) is 0. The molecule has 0 radical (unpaired) electrons. The number of benzene rings is 2. The Kier molecular flexibility index (Phi) is 4.24. The van der Waals surface area contributed by atoms with Crippen LogP contribution in [0.1, 0.15) is 0 Å². The fraction of sp³-hybridized carbons (Fsp3) is 0.222. The Morgan fingerprint density at radius 2 is 1.96 bits per heavy atom. The molecule has 2 heterocycles. The quantitative estimate of drug-likeness (QED) is 0.595. The molecule has 0 aliphatic carbocycles. The van der Waals surface area contributed by atoms with E-state index in [1.807, 2.05) is 0 Å². The highest BCUT2D eigenvalue weighted by Gasteiger charge is 2.25. The maximum absolute atomic E-state index is 15.2. The number of hydrogen-bond acceptors (Lipinski definition) is 4. The van der Waals surface area contributed by atoms with Crippen LogP contribution < -0.4 is 16.4 Å². The van der Waals surface area contributed by atoms with Crippen molar-refractivity contribution in [3.63, 3.8) is 0 Å². The third kappa shape index (κ3) is 2.81. The third-order valence-electron chi connectivity index (χ3n) is 4.71. The van der Waals surface area contributed by atoms with Gasteiger partial charge < -0.3 is 20.0 Å². The number of fused-ring (bicyclic) bond motifs is 1. The molecule has 3 N–H and O–H groups in total. The number of aromatic nitrogens is 2. The summed E-state index contributed by atoms with van der Waals surface area (Å²) in [6.07, 6.45) is 0. The number of nitrogens with zero attached hydrogens (tertiary/aromatic N) is 1. The molecule has 0 amide bonds. The lowest BCUT2D eigenvalue weighted by Crippen LogP contribution is -2.47. The molecule has 140 valence electrons. The Balaban J connectivity index is 2.04. The van der Waals surface area contributed by atoms with E-state index in [4.69, 9.17) is 11.6 Å². The standard InChI is InChI=1S/C18H14ClF2N3O3/c19-9-4-11-16(15(21)13(9)14-10(20)2-1-3-12(14)25)23-17(26)18(27)24(11)7-8-5-22-6-8/h1-4,8,22,25H,5-7H2,(H,23,26). The van der Waals surface area contributed by atoms with E-state index in [0.717, 1.165) is 6.07 Å². The van der Waals surface area contributed by atoms with Crippen molar-refractivity contribution in [1.29, 1.82) is 0 Å². The summed E-state index contributed by atoms with van der Waals surface area (Å²) in [5.41, 5.74) is -2.76. The molecule has 0 bridgehead atoms. The van der Waals surface area contributed by atoms with Gasteiger partial charge in [0.05, 0.1) is 16.1 Å². The molecule has 4 rings (SSSR count). The zero-order chi connectivity index (χ0) is 19.3. The van der Waals surface area contributed by atoms with Gasteiger partial charge in [0.1, 0.15) is 17.1 Å². The van der Waals surface area contributed by atoms with Crippen molar-refractivity contribution < 1.29 is 13.9 Å². The predicted molar refractivity (Wildman–Crippen MR) is 97.2 cm³/mol. The van der Waals surface area contributed by atoms with Crippen LogP contribution in [0.25, 0.3) is 22.2 Å². The van der Waals surface area contributed by atoms with Gasteiger partial charge in [0.2, 0.25) is 0 Å². The molecule has 1 aliphatic heterocycles. The molecular weight excluding hydrogens is 380 g/mol. The van der Waals surface area contributed by atoms with Crippen LogP contribution in [0.5, 0.6) is 5.75 Å². The minimum absolute atomic E-state index is 0.105. The van der Waals surface area contributed by atoms with Crippen LogP contribution in [0.4, 0.5) is 8.78 Å². The smallest absolute Gasteiger partial charge is 0.316 e. The molecule has 9 heteroatoms. The lowest BCUT2D eigenvalue weighted by molar-refractivity contribution is 0.306. The lowest BCUT2D eigenvalue weighted by atomic mass is 10.0. The van der Waals surface area contributed by atoms with E-state index in [9.17, 15) is 19.1 Å². The molecule has 2 aromatic carbocycles. The van der Waals surface area contributed by atoms with Gasteiger partial charge in [0.15, 0.2) is 5.82 Å². The second-order valence-electron chi connectivity index (χ2n) is 6.47. The van der Waals surface area contributed by atoms with Crippen LogP contribution in [0.3, 0.4) is 0 Å². The Bertz CT molecular complexity index is 1160. The van der Waals surface area contributed by atoms with Crippen LogP contribution in [-0.4, -0.2) is 27.7 Å². The molecule has 0 unspecified atom stereocenters. The topological polar surface area (TPSA) is 87.1 Å². The van der Waals surface area contributed by atoms with E-state index >= 15 is 4.39 Å². The van der Waals surface area contributed by atoms with E-state index in [0.29, 0.717) is 13.1 Å². The zero-order valence-corrected chi connectivity index (χ0v) is 14.6.